The Hall–Kier alpha value is -1.84. The van der Waals surface area contributed by atoms with Gasteiger partial charge in [0.1, 0.15) is 5.82 Å². The molecule has 3 nitrogen and oxygen atoms in total. The molecule has 2 aromatic carbocycles. The van der Waals surface area contributed by atoms with Gasteiger partial charge in [-0.25, -0.2) is 4.98 Å². The highest BCUT2D eigenvalue weighted by Gasteiger charge is 2.13. The fourth-order valence-corrected chi connectivity index (χ4v) is 2.74. The van der Waals surface area contributed by atoms with Crippen molar-refractivity contribution in [3.05, 3.63) is 64.9 Å². The molecular formula is C18H20ClN3. The van der Waals surface area contributed by atoms with E-state index in [0.717, 1.165) is 41.3 Å². The summed E-state index contributed by atoms with van der Waals surface area (Å²) < 4.78 is 2.25. The van der Waals surface area contributed by atoms with Gasteiger partial charge in [-0.2, -0.15) is 0 Å². The number of rotatable bonds is 5. The van der Waals surface area contributed by atoms with E-state index >= 15 is 0 Å². The number of halogens is 1. The average Bonchev–Trinajstić information content (AvgIpc) is 2.87. The quantitative estimate of drug-likeness (QED) is 0.773. The molecule has 0 spiro atoms. The smallest absolute Gasteiger partial charge is 0.114 e. The van der Waals surface area contributed by atoms with Crippen LogP contribution in [-0.2, 0) is 13.0 Å². The summed E-state index contributed by atoms with van der Waals surface area (Å²) in [7, 11) is 0. The van der Waals surface area contributed by atoms with Crippen LogP contribution in [-0.4, -0.2) is 15.6 Å². The molecule has 114 valence electrons. The standard InChI is InChI=1S/C18H20ClN3/c1-2-15(20)12-22-17-6-4-3-5-16(17)21-18(22)11-13-7-9-14(19)10-8-13/h3-10,15H,2,11-12,20H2,1H3. The van der Waals surface area contributed by atoms with Crippen LogP contribution in [0, 0.1) is 0 Å². The predicted octanol–water partition coefficient (Wildman–Crippen LogP) is 4.02. The summed E-state index contributed by atoms with van der Waals surface area (Å²) in [5.41, 5.74) is 9.54. The molecule has 3 rings (SSSR count). The molecule has 0 aliphatic heterocycles. The number of hydrogen-bond acceptors (Lipinski definition) is 2. The van der Waals surface area contributed by atoms with Crippen molar-refractivity contribution in [2.45, 2.75) is 32.4 Å². The number of nitrogens with zero attached hydrogens (tertiary/aromatic N) is 2. The molecule has 1 aromatic heterocycles. The minimum atomic E-state index is 0.140. The van der Waals surface area contributed by atoms with Gasteiger partial charge in [0.2, 0.25) is 0 Å². The number of para-hydroxylation sites is 2. The number of nitrogens with two attached hydrogens (primary N) is 1. The monoisotopic (exact) mass is 313 g/mol. The van der Waals surface area contributed by atoms with Crippen LogP contribution in [0.25, 0.3) is 11.0 Å². The highest BCUT2D eigenvalue weighted by Crippen LogP contribution is 2.20. The van der Waals surface area contributed by atoms with Gasteiger partial charge in [-0.3, -0.25) is 0 Å². The number of benzene rings is 2. The first-order valence-corrected chi connectivity index (χ1v) is 7.99. The molecule has 0 amide bonds. The molecule has 22 heavy (non-hydrogen) atoms. The topological polar surface area (TPSA) is 43.8 Å². The van der Waals surface area contributed by atoms with Gasteiger partial charge < -0.3 is 10.3 Å². The maximum Gasteiger partial charge on any atom is 0.114 e. The molecule has 0 aliphatic carbocycles. The Morgan fingerprint density at radius 3 is 2.59 bits per heavy atom. The highest BCUT2D eigenvalue weighted by atomic mass is 35.5. The average molecular weight is 314 g/mol. The van der Waals surface area contributed by atoms with E-state index in [1.807, 2.05) is 36.4 Å². The summed E-state index contributed by atoms with van der Waals surface area (Å²) >= 11 is 5.96. The Morgan fingerprint density at radius 1 is 1.14 bits per heavy atom. The lowest BCUT2D eigenvalue weighted by Crippen LogP contribution is -2.26. The van der Waals surface area contributed by atoms with Gasteiger partial charge in [0.05, 0.1) is 11.0 Å². The second kappa shape index (κ2) is 6.51. The second-order valence-corrected chi connectivity index (χ2v) is 6.04. The van der Waals surface area contributed by atoms with Crippen LogP contribution in [0.15, 0.2) is 48.5 Å². The molecule has 1 unspecified atom stereocenters. The molecule has 1 atom stereocenters. The molecule has 0 saturated carbocycles. The zero-order valence-corrected chi connectivity index (χ0v) is 13.4. The van der Waals surface area contributed by atoms with E-state index in [9.17, 15) is 0 Å². The van der Waals surface area contributed by atoms with Crippen LogP contribution >= 0.6 is 11.6 Å². The summed E-state index contributed by atoms with van der Waals surface area (Å²) in [6.45, 7) is 2.91. The third-order valence-electron chi connectivity index (χ3n) is 3.95. The Labute approximate surface area is 135 Å². The minimum absolute atomic E-state index is 0.140. The molecule has 0 saturated heterocycles. The zero-order chi connectivity index (χ0) is 15.5. The third-order valence-corrected chi connectivity index (χ3v) is 4.20. The molecule has 3 aromatic rings. The van der Waals surface area contributed by atoms with E-state index in [1.165, 1.54) is 5.56 Å². The van der Waals surface area contributed by atoms with E-state index in [4.69, 9.17) is 22.3 Å². The van der Waals surface area contributed by atoms with E-state index in [0.29, 0.717) is 0 Å². The Kier molecular flexibility index (Phi) is 4.46. The summed E-state index contributed by atoms with van der Waals surface area (Å²) in [6, 6.07) is 16.3. The largest absolute Gasteiger partial charge is 0.326 e. The third kappa shape index (κ3) is 3.16. The molecule has 0 bridgehead atoms. The van der Waals surface area contributed by atoms with E-state index in [-0.39, 0.29) is 6.04 Å². The lowest BCUT2D eigenvalue weighted by atomic mass is 10.1. The number of imidazole rings is 1. The Bertz CT molecular complexity index is 762. The second-order valence-electron chi connectivity index (χ2n) is 5.60. The summed E-state index contributed by atoms with van der Waals surface area (Å²) in [5.74, 6) is 1.05. The fraction of sp³-hybridized carbons (Fsp3) is 0.278. The first-order valence-electron chi connectivity index (χ1n) is 7.61. The van der Waals surface area contributed by atoms with Crippen molar-refractivity contribution in [2.75, 3.05) is 0 Å². The van der Waals surface area contributed by atoms with Gasteiger partial charge in [-0.05, 0) is 36.2 Å². The van der Waals surface area contributed by atoms with Crippen LogP contribution in [0.1, 0.15) is 24.7 Å². The fourth-order valence-electron chi connectivity index (χ4n) is 2.61. The molecule has 4 heteroatoms. The summed E-state index contributed by atoms with van der Waals surface area (Å²) in [4.78, 5) is 4.79. The molecule has 0 aliphatic rings. The van der Waals surface area contributed by atoms with Crippen molar-refractivity contribution in [1.82, 2.24) is 9.55 Å². The lowest BCUT2D eigenvalue weighted by Gasteiger charge is -2.14. The molecule has 2 N–H and O–H groups in total. The van der Waals surface area contributed by atoms with Crippen molar-refractivity contribution >= 4 is 22.6 Å². The van der Waals surface area contributed by atoms with Gasteiger partial charge in [0.15, 0.2) is 0 Å². The summed E-state index contributed by atoms with van der Waals surface area (Å²) in [6.07, 6.45) is 1.73. The lowest BCUT2D eigenvalue weighted by molar-refractivity contribution is 0.535. The van der Waals surface area contributed by atoms with Gasteiger partial charge in [-0.15, -0.1) is 0 Å². The first kappa shape index (κ1) is 15.1. The van der Waals surface area contributed by atoms with Crippen molar-refractivity contribution in [1.29, 1.82) is 0 Å². The normalized spacial score (nSPS) is 12.7. The Morgan fingerprint density at radius 2 is 1.86 bits per heavy atom. The van der Waals surface area contributed by atoms with Gasteiger partial charge >= 0.3 is 0 Å². The van der Waals surface area contributed by atoms with Crippen molar-refractivity contribution in [3.63, 3.8) is 0 Å². The molecule has 0 fully saturated rings. The van der Waals surface area contributed by atoms with Crippen molar-refractivity contribution < 1.29 is 0 Å². The van der Waals surface area contributed by atoms with Crippen LogP contribution in [0.3, 0.4) is 0 Å². The van der Waals surface area contributed by atoms with Gasteiger partial charge in [0.25, 0.3) is 0 Å². The molecule has 1 heterocycles. The zero-order valence-electron chi connectivity index (χ0n) is 12.7. The molecular weight excluding hydrogens is 294 g/mol. The Balaban J connectivity index is 1.99. The van der Waals surface area contributed by atoms with Crippen molar-refractivity contribution in [3.8, 4) is 0 Å². The highest BCUT2D eigenvalue weighted by molar-refractivity contribution is 6.30. The van der Waals surface area contributed by atoms with Crippen LogP contribution in [0.2, 0.25) is 5.02 Å². The number of fused-ring (bicyclic) bond motifs is 1. The SMILES string of the molecule is CCC(N)Cn1c(Cc2ccc(Cl)cc2)nc2ccccc21. The van der Waals surface area contributed by atoms with Crippen molar-refractivity contribution in [2.24, 2.45) is 5.73 Å². The number of aromatic nitrogens is 2. The van der Waals surface area contributed by atoms with Crippen LogP contribution in [0.5, 0.6) is 0 Å². The first-order chi connectivity index (χ1) is 10.7. The maximum atomic E-state index is 6.17. The van der Waals surface area contributed by atoms with Gasteiger partial charge in [-0.1, -0.05) is 42.8 Å². The van der Waals surface area contributed by atoms with Crippen LogP contribution in [0.4, 0.5) is 0 Å². The molecule has 0 radical (unpaired) electrons. The summed E-state index contributed by atoms with van der Waals surface area (Å²) in [5, 5.41) is 0.755. The van der Waals surface area contributed by atoms with E-state index in [2.05, 4.69) is 23.6 Å². The van der Waals surface area contributed by atoms with E-state index in [1.54, 1.807) is 0 Å². The van der Waals surface area contributed by atoms with Crippen LogP contribution < -0.4 is 5.73 Å². The minimum Gasteiger partial charge on any atom is -0.326 e. The van der Waals surface area contributed by atoms with Gasteiger partial charge in [0, 0.05) is 24.0 Å². The maximum absolute atomic E-state index is 6.17. The predicted molar refractivity (Wildman–Crippen MR) is 92.3 cm³/mol. The number of hydrogen-bond donors (Lipinski definition) is 1. The van der Waals surface area contributed by atoms with E-state index < -0.39 is 0 Å².